The number of aromatic nitrogens is 1. The van der Waals surface area contributed by atoms with Crippen molar-refractivity contribution >= 4 is 40.5 Å². The molecule has 0 bridgehead atoms. The molecule has 0 atom stereocenters. The van der Waals surface area contributed by atoms with Crippen molar-refractivity contribution in [2.75, 3.05) is 55.0 Å². The monoisotopic (exact) mass is 585 g/mol. The van der Waals surface area contributed by atoms with Gasteiger partial charge in [0.15, 0.2) is 6.61 Å². The molecule has 10 heteroatoms. The zero-order chi connectivity index (χ0) is 29.3. The Labute approximate surface area is 250 Å². The number of hydrogen-bond donors (Lipinski definition) is 2. The number of para-hydroxylation sites is 2. The van der Waals surface area contributed by atoms with Crippen LogP contribution in [0.15, 0.2) is 91.3 Å². The quantitative estimate of drug-likeness (QED) is 0.270. The summed E-state index contributed by atoms with van der Waals surface area (Å²) in [6.07, 6.45) is 3.41. The van der Waals surface area contributed by atoms with Crippen LogP contribution < -0.4 is 29.9 Å². The fraction of sp³-hybridized carbons (Fsp3) is 0.219. The molecule has 3 aromatic carbocycles. The lowest BCUT2D eigenvalue weighted by Crippen LogP contribution is -2.47. The number of nitrogens with zero attached hydrogens (tertiary/aromatic N) is 3. The number of halogens is 1. The third-order valence-corrected chi connectivity index (χ3v) is 7.18. The van der Waals surface area contributed by atoms with Gasteiger partial charge >= 0.3 is 0 Å². The zero-order valence-electron chi connectivity index (χ0n) is 23.3. The predicted octanol–water partition coefficient (Wildman–Crippen LogP) is 5.02. The van der Waals surface area contributed by atoms with E-state index < -0.39 is 0 Å². The average molecular weight is 586 g/mol. The van der Waals surface area contributed by atoms with Gasteiger partial charge in [0.2, 0.25) is 0 Å². The van der Waals surface area contributed by atoms with Crippen LogP contribution in [0.1, 0.15) is 15.9 Å². The third kappa shape index (κ3) is 7.30. The van der Waals surface area contributed by atoms with Crippen molar-refractivity contribution in [3.8, 4) is 11.5 Å². The molecule has 4 aromatic rings. The highest BCUT2D eigenvalue weighted by Gasteiger charge is 2.24. The Kier molecular flexibility index (Phi) is 9.41. The number of benzene rings is 3. The first kappa shape index (κ1) is 28.8. The summed E-state index contributed by atoms with van der Waals surface area (Å²) in [6, 6.07) is 23.9. The minimum Gasteiger partial charge on any atom is -0.495 e. The fourth-order valence-electron chi connectivity index (χ4n) is 4.81. The molecule has 0 spiro atoms. The number of anilines is 3. The molecule has 2 heterocycles. The fourth-order valence-corrected chi connectivity index (χ4v) is 4.93. The van der Waals surface area contributed by atoms with Gasteiger partial charge in [-0.25, -0.2) is 0 Å². The van der Waals surface area contributed by atoms with E-state index in [1.807, 2.05) is 36.4 Å². The Hall–Kier alpha value is -4.76. The Morgan fingerprint density at radius 1 is 0.905 bits per heavy atom. The van der Waals surface area contributed by atoms with Gasteiger partial charge in [0.05, 0.1) is 18.4 Å². The first-order valence-corrected chi connectivity index (χ1v) is 14.0. The molecule has 2 N–H and O–H groups in total. The van der Waals surface area contributed by atoms with E-state index in [9.17, 15) is 9.59 Å². The van der Waals surface area contributed by atoms with Gasteiger partial charge in [-0.2, -0.15) is 0 Å². The second kappa shape index (κ2) is 13.7. The Morgan fingerprint density at radius 3 is 2.36 bits per heavy atom. The van der Waals surface area contributed by atoms with E-state index in [1.54, 1.807) is 55.9 Å². The van der Waals surface area contributed by atoms with Crippen LogP contribution in [0.3, 0.4) is 0 Å². The van der Waals surface area contributed by atoms with Gasteiger partial charge in [-0.05, 0) is 66.2 Å². The molecule has 5 rings (SSSR count). The van der Waals surface area contributed by atoms with E-state index in [0.717, 1.165) is 35.8 Å². The lowest BCUT2D eigenvalue weighted by molar-refractivity contribution is -0.118. The van der Waals surface area contributed by atoms with Crippen LogP contribution in [0.4, 0.5) is 17.1 Å². The van der Waals surface area contributed by atoms with Crippen LogP contribution in [0, 0.1) is 0 Å². The number of amides is 2. The number of pyridine rings is 1. The molecule has 1 aliphatic rings. The Bertz CT molecular complexity index is 1510. The van der Waals surface area contributed by atoms with Crippen molar-refractivity contribution < 1.29 is 19.1 Å². The number of rotatable bonds is 10. The van der Waals surface area contributed by atoms with E-state index in [2.05, 4.69) is 31.5 Å². The normalized spacial score (nSPS) is 12.9. The topological polar surface area (TPSA) is 96.0 Å². The van der Waals surface area contributed by atoms with Crippen LogP contribution in [0.2, 0.25) is 5.02 Å². The van der Waals surface area contributed by atoms with Crippen LogP contribution in [0.25, 0.3) is 0 Å². The van der Waals surface area contributed by atoms with E-state index >= 15 is 0 Å². The molecule has 9 nitrogen and oxygen atoms in total. The molecule has 1 aliphatic heterocycles. The van der Waals surface area contributed by atoms with Gasteiger partial charge in [0.1, 0.15) is 11.5 Å². The Morgan fingerprint density at radius 2 is 1.64 bits per heavy atom. The lowest BCUT2D eigenvalue weighted by atomic mass is 10.1. The minimum absolute atomic E-state index is 0.184. The molecule has 0 unspecified atom stereocenters. The van der Waals surface area contributed by atoms with Crippen LogP contribution >= 0.6 is 11.6 Å². The molecule has 0 saturated carbocycles. The highest BCUT2D eigenvalue weighted by atomic mass is 35.5. The summed E-state index contributed by atoms with van der Waals surface area (Å²) < 4.78 is 11.1. The first-order chi connectivity index (χ1) is 20.5. The summed E-state index contributed by atoms with van der Waals surface area (Å²) in [4.78, 5) is 34.8. The minimum atomic E-state index is -0.343. The van der Waals surface area contributed by atoms with Crippen molar-refractivity contribution in [1.82, 2.24) is 10.3 Å². The maximum Gasteiger partial charge on any atom is 0.262 e. The maximum atomic E-state index is 13.5. The van der Waals surface area contributed by atoms with Crippen molar-refractivity contribution in [3.05, 3.63) is 107 Å². The molecule has 216 valence electrons. The average Bonchev–Trinajstić information content (AvgIpc) is 3.04. The molecule has 2 amide bonds. The zero-order valence-corrected chi connectivity index (χ0v) is 24.0. The summed E-state index contributed by atoms with van der Waals surface area (Å²) in [5.74, 6) is 0.786. The maximum absolute atomic E-state index is 13.5. The number of ether oxygens (including phenoxy) is 2. The van der Waals surface area contributed by atoms with E-state index in [1.165, 1.54) is 0 Å². The smallest absolute Gasteiger partial charge is 0.262 e. The molecule has 0 aliphatic carbocycles. The van der Waals surface area contributed by atoms with Crippen molar-refractivity contribution in [2.24, 2.45) is 0 Å². The van der Waals surface area contributed by atoms with Gasteiger partial charge in [-0.1, -0.05) is 29.8 Å². The van der Waals surface area contributed by atoms with Gasteiger partial charge in [-0.3, -0.25) is 14.6 Å². The molecular weight excluding hydrogens is 554 g/mol. The van der Waals surface area contributed by atoms with E-state index in [-0.39, 0.29) is 18.4 Å². The van der Waals surface area contributed by atoms with Gasteiger partial charge in [0.25, 0.3) is 11.8 Å². The van der Waals surface area contributed by atoms with E-state index in [0.29, 0.717) is 41.7 Å². The SMILES string of the molecule is COc1ccccc1N1CCN(c2ccc(NC(=O)COc3ccc(Cl)cc3)cc2C(=O)NCc2cccnc2)CC1. The number of carbonyl (C=O) groups is 2. The van der Waals surface area contributed by atoms with Crippen LogP contribution in [-0.2, 0) is 11.3 Å². The molecule has 1 saturated heterocycles. The highest BCUT2D eigenvalue weighted by molar-refractivity contribution is 6.30. The number of nitrogens with one attached hydrogen (secondary N) is 2. The third-order valence-electron chi connectivity index (χ3n) is 6.93. The predicted molar refractivity (Wildman–Crippen MR) is 165 cm³/mol. The molecule has 0 radical (unpaired) electrons. The summed E-state index contributed by atoms with van der Waals surface area (Å²) in [6.45, 7) is 3.09. The van der Waals surface area contributed by atoms with Crippen molar-refractivity contribution in [2.45, 2.75) is 6.54 Å². The van der Waals surface area contributed by atoms with Gasteiger partial charge in [0, 0.05) is 61.5 Å². The van der Waals surface area contributed by atoms with Crippen LogP contribution in [0.5, 0.6) is 11.5 Å². The van der Waals surface area contributed by atoms with Gasteiger partial charge < -0.3 is 29.9 Å². The molecule has 42 heavy (non-hydrogen) atoms. The summed E-state index contributed by atoms with van der Waals surface area (Å²) in [5, 5.41) is 6.42. The van der Waals surface area contributed by atoms with Crippen LogP contribution in [-0.4, -0.2) is 56.7 Å². The highest BCUT2D eigenvalue weighted by Crippen LogP contribution is 2.31. The Balaban J connectivity index is 1.30. The van der Waals surface area contributed by atoms with Crippen molar-refractivity contribution in [3.63, 3.8) is 0 Å². The van der Waals surface area contributed by atoms with E-state index in [4.69, 9.17) is 21.1 Å². The second-order valence-corrected chi connectivity index (χ2v) is 10.1. The van der Waals surface area contributed by atoms with Crippen molar-refractivity contribution in [1.29, 1.82) is 0 Å². The summed E-state index contributed by atoms with van der Waals surface area (Å²) >= 11 is 5.91. The molecule has 1 aromatic heterocycles. The van der Waals surface area contributed by atoms with Gasteiger partial charge in [-0.15, -0.1) is 0 Å². The number of methoxy groups -OCH3 is 1. The number of hydrogen-bond acceptors (Lipinski definition) is 7. The number of piperazine rings is 1. The number of carbonyl (C=O) groups excluding carboxylic acids is 2. The molecule has 1 fully saturated rings. The lowest BCUT2D eigenvalue weighted by Gasteiger charge is -2.38. The second-order valence-electron chi connectivity index (χ2n) is 9.71. The summed E-state index contributed by atoms with van der Waals surface area (Å²) in [5.41, 5.74) is 3.71. The molecular formula is C32H32ClN5O4. The summed E-state index contributed by atoms with van der Waals surface area (Å²) in [7, 11) is 1.68. The first-order valence-electron chi connectivity index (χ1n) is 13.6. The largest absolute Gasteiger partial charge is 0.495 e. The standard InChI is InChI=1S/C32H32ClN5O4/c1-41-30-7-3-2-6-29(30)38-17-15-37(16-18-38)28-13-10-25(36-31(39)22-42-26-11-8-24(33)9-12-26)19-27(28)32(40)35-21-23-5-4-14-34-20-23/h2-14,19-20H,15-18,21-22H2,1H3,(H,35,40)(H,36,39).